The lowest BCUT2D eigenvalue weighted by Crippen LogP contribution is -2.56. The quantitative estimate of drug-likeness (QED) is 0.349. The van der Waals surface area contributed by atoms with E-state index in [9.17, 15) is 40.3 Å². The molecule has 2 aliphatic rings. The summed E-state index contributed by atoms with van der Waals surface area (Å²) in [7, 11) is 1.41. The van der Waals surface area contributed by atoms with Crippen LogP contribution in [0.2, 0.25) is 0 Å². The fourth-order valence-corrected chi connectivity index (χ4v) is 6.44. The Bertz CT molecular complexity index is 1350. The molecule has 0 spiro atoms. The van der Waals surface area contributed by atoms with E-state index < -0.39 is 64.0 Å². The van der Waals surface area contributed by atoms with Crippen molar-refractivity contribution in [1.82, 2.24) is 14.7 Å². The van der Waals surface area contributed by atoms with Gasteiger partial charge in [0, 0.05) is 64.2 Å². The minimum absolute atomic E-state index is 0.0116. The van der Waals surface area contributed by atoms with Crippen LogP contribution in [0.5, 0.6) is 0 Å². The fraction of sp³-hybridized carbons (Fsp3) is 0.548. The second kappa shape index (κ2) is 12.3. The number of benzene rings is 2. The number of halogens is 8. The Balaban J connectivity index is 1.66. The summed E-state index contributed by atoms with van der Waals surface area (Å²) >= 11 is 0. The first-order valence-corrected chi connectivity index (χ1v) is 14.3. The summed E-state index contributed by atoms with van der Waals surface area (Å²) in [4.78, 5) is 30.9. The van der Waals surface area contributed by atoms with Crippen LogP contribution in [0.3, 0.4) is 0 Å². The van der Waals surface area contributed by atoms with Crippen molar-refractivity contribution >= 4 is 11.8 Å². The molecule has 2 aromatic rings. The van der Waals surface area contributed by atoms with Crippen LogP contribution < -0.4 is 0 Å². The van der Waals surface area contributed by atoms with Gasteiger partial charge in [0.05, 0.1) is 16.5 Å². The van der Waals surface area contributed by atoms with Crippen molar-refractivity contribution in [1.29, 1.82) is 0 Å². The van der Waals surface area contributed by atoms with E-state index in [0.717, 1.165) is 12.1 Å². The summed E-state index contributed by atoms with van der Waals surface area (Å²) in [5, 5.41) is 0. The molecule has 5 nitrogen and oxygen atoms in total. The third-order valence-corrected chi connectivity index (χ3v) is 9.06. The van der Waals surface area contributed by atoms with Gasteiger partial charge in [-0.25, -0.2) is 8.78 Å². The van der Waals surface area contributed by atoms with Crippen LogP contribution >= 0.6 is 0 Å². The maximum Gasteiger partial charge on any atom is 0.416 e. The molecule has 2 heterocycles. The van der Waals surface area contributed by atoms with Gasteiger partial charge in [-0.15, -0.1) is 0 Å². The van der Waals surface area contributed by atoms with Crippen molar-refractivity contribution in [3.63, 3.8) is 0 Å². The molecule has 2 fully saturated rings. The fourth-order valence-electron chi connectivity index (χ4n) is 6.44. The first-order valence-electron chi connectivity index (χ1n) is 14.3. The monoisotopic (exact) mass is 633 g/mol. The molecule has 13 heteroatoms. The molecule has 2 amide bonds. The molecule has 44 heavy (non-hydrogen) atoms. The molecule has 0 aliphatic carbocycles. The van der Waals surface area contributed by atoms with Gasteiger partial charge in [0.1, 0.15) is 11.6 Å². The van der Waals surface area contributed by atoms with Crippen molar-refractivity contribution < 1.29 is 44.7 Å². The summed E-state index contributed by atoms with van der Waals surface area (Å²) in [6.07, 6.45) is -8.48. The number of carbonyl (C=O) groups excluding carboxylic acids is 2. The third kappa shape index (κ3) is 7.02. The molecule has 0 radical (unpaired) electrons. The van der Waals surface area contributed by atoms with Gasteiger partial charge < -0.3 is 9.80 Å². The Kier molecular flexibility index (Phi) is 9.40. The van der Waals surface area contributed by atoms with E-state index in [1.54, 1.807) is 4.90 Å². The lowest BCUT2D eigenvalue weighted by atomic mass is 9.79. The Labute approximate surface area is 250 Å². The average Bonchev–Trinajstić information content (AvgIpc) is 2.95. The first kappa shape index (κ1) is 33.7. The molecule has 242 valence electrons. The van der Waals surface area contributed by atoms with Crippen molar-refractivity contribution in [2.45, 2.75) is 75.8 Å². The lowest BCUT2D eigenvalue weighted by molar-refractivity contribution is -0.144. The maximum absolute atomic E-state index is 15.2. The smallest absolute Gasteiger partial charge is 0.343 e. The summed E-state index contributed by atoms with van der Waals surface area (Å²) in [6, 6.07) is 3.64. The number of carbonyl (C=O) groups is 2. The van der Waals surface area contributed by atoms with Gasteiger partial charge in [0.2, 0.25) is 11.8 Å². The molecular formula is C31H35F8N3O2. The Morgan fingerprint density at radius 2 is 1.36 bits per heavy atom. The number of alkyl halides is 6. The van der Waals surface area contributed by atoms with E-state index >= 15 is 4.39 Å². The second-order valence-electron chi connectivity index (χ2n) is 12.2. The normalized spacial score (nSPS) is 21.0. The van der Waals surface area contributed by atoms with Gasteiger partial charge in [0.25, 0.3) is 0 Å². The number of nitrogens with zero attached hydrogens (tertiary/aromatic N) is 3. The van der Waals surface area contributed by atoms with Crippen molar-refractivity contribution in [3.05, 3.63) is 70.3 Å². The predicted octanol–water partition coefficient (Wildman–Crippen LogP) is 6.61. The third-order valence-electron chi connectivity index (χ3n) is 9.06. The van der Waals surface area contributed by atoms with Gasteiger partial charge in [-0.1, -0.05) is 6.07 Å². The molecule has 2 aromatic carbocycles. The van der Waals surface area contributed by atoms with E-state index in [2.05, 4.69) is 4.90 Å². The van der Waals surface area contributed by atoms with E-state index in [-0.39, 0.29) is 30.1 Å². The molecule has 4 rings (SSSR count). The second-order valence-corrected chi connectivity index (χ2v) is 12.2. The number of likely N-dealkylation sites (tertiary alicyclic amines) is 2. The average molecular weight is 634 g/mol. The van der Waals surface area contributed by atoms with Gasteiger partial charge in [-0.05, 0) is 68.5 Å². The number of amides is 2. The highest BCUT2D eigenvalue weighted by molar-refractivity contribution is 5.87. The zero-order valence-corrected chi connectivity index (χ0v) is 24.8. The molecule has 2 saturated heterocycles. The zero-order valence-electron chi connectivity index (χ0n) is 24.8. The lowest BCUT2D eigenvalue weighted by Gasteiger charge is -2.48. The summed E-state index contributed by atoms with van der Waals surface area (Å²) in [5.74, 6) is -3.05. The highest BCUT2D eigenvalue weighted by Crippen LogP contribution is 2.41. The summed E-state index contributed by atoms with van der Waals surface area (Å²) in [6.45, 7) is 5.88. The van der Waals surface area contributed by atoms with E-state index in [4.69, 9.17) is 0 Å². The predicted molar refractivity (Wildman–Crippen MR) is 147 cm³/mol. The van der Waals surface area contributed by atoms with Crippen LogP contribution in [0.25, 0.3) is 0 Å². The van der Waals surface area contributed by atoms with Crippen LogP contribution in [0.15, 0.2) is 36.4 Å². The summed E-state index contributed by atoms with van der Waals surface area (Å²) < 4.78 is 111. The van der Waals surface area contributed by atoms with Crippen LogP contribution in [0.1, 0.15) is 68.2 Å². The SMILES string of the molecule is CC(=O)N1CCC(N2CC[C@H](N(C)C(=O)C(C)(C)c3cc(C(F)(F)F)cc(C(F)(F)F)c3)[C@@H](c3ccc(F)cc3F)C2)CC1. The minimum atomic E-state index is -5.08. The van der Waals surface area contributed by atoms with Crippen LogP contribution in [-0.4, -0.2) is 71.8 Å². The number of hydrogen-bond donors (Lipinski definition) is 0. The standard InChI is InChI=1S/C31H35F8N3O2/c1-18(43)41-10-7-23(8-11-41)42-12-9-27(25(17-42)24-6-5-22(32)16-26(24)33)40(4)28(44)29(2,3)19-13-20(30(34,35)36)15-21(14-19)31(37,38)39/h5-6,13-16,23,25,27H,7-12,17H2,1-4H3/t25-,27+/m1/s1. The topological polar surface area (TPSA) is 43.9 Å². The van der Waals surface area contributed by atoms with Crippen molar-refractivity contribution in [2.75, 3.05) is 33.2 Å². The van der Waals surface area contributed by atoms with E-state index in [1.165, 1.54) is 38.8 Å². The van der Waals surface area contributed by atoms with Crippen LogP contribution in [0.4, 0.5) is 35.1 Å². The number of likely N-dealkylation sites (N-methyl/N-ethyl adjacent to an activating group) is 1. The van der Waals surface area contributed by atoms with Gasteiger partial charge >= 0.3 is 12.4 Å². The Hall–Kier alpha value is -3.22. The zero-order chi connectivity index (χ0) is 32.8. The number of rotatable bonds is 5. The molecule has 2 atom stereocenters. The molecule has 0 unspecified atom stereocenters. The van der Waals surface area contributed by atoms with Crippen molar-refractivity contribution in [2.24, 2.45) is 0 Å². The summed E-state index contributed by atoms with van der Waals surface area (Å²) in [5.41, 5.74) is -5.19. The molecule has 0 saturated carbocycles. The van der Waals surface area contributed by atoms with E-state index in [0.29, 0.717) is 51.0 Å². The first-order chi connectivity index (χ1) is 20.3. The molecule has 2 aliphatic heterocycles. The van der Waals surface area contributed by atoms with Gasteiger partial charge in [-0.3, -0.25) is 14.5 Å². The Morgan fingerprint density at radius 1 is 0.818 bits per heavy atom. The van der Waals surface area contributed by atoms with Crippen LogP contribution in [0, 0.1) is 11.6 Å². The minimum Gasteiger partial charge on any atom is -0.343 e. The van der Waals surface area contributed by atoms with Crippen molar-refractivity contribution in [3.8, 4) is 0 Å². The Morgan fingerprint density at radius 3 is 1.86 bits per heavy atom. The van der Waals surface area contributed by atoms with Gasteiger partial charge in [-0.2, -0.15) is 26.3 Å². The highest BCUT2D eigenvalue weighted by Gasteiger charge is 2.44. The van der Waals surface area contributed by atoms with Gasteiger partial charge in [0.15, 0.2) is 0 Å². The maximum atomic E-state index is 15.2. The largest absolute Gasteiger partial charge is 0.416 e. The molecule has 0 aromatic heterocycles. The van der Waals surface area contributed by atoms with E-state index in [1.807, 2.05) is 0 Å². The molecule has 0 bridgehead atoms. The molecular weight excluding hydrogens is 598 g/mol. The number of piperidine rings is 2. The number of hydrogen-bond acceptors (Lipinski definition) is 3. The van der Waals surface area contributed by atoms with Crippen LogP contribution in [-0.2, 0) is 27.4 Å². The molecule has 0 N–H and O–H groups in total. The highest BCUT2D eigenvalue weighted by atomic mass is 19.4.